The maximum Gasteiger partial charge on any atom is 0.252 e. The maximum absolute atomic E-state index is 12.3. The van der Waals surface area contributed by atoms with Gasteiger partial charge in [0.05, 0.1) is 6.26 Å². The number of amidine groups is 1. The van der Waals surface area contributed by atoms with Crippen LogP contribution >= 0.6 is 0 Å². The number of hydrogen-bond acceptors (Lipinski definition) is 4. The number of carbonyl (C=O) groups excluding carboxylic acids is 1. The van der Waals surface area contributed by atoms with E-state index in [4.69, 9.17) is 5.73 Å². The van der Waals surface area contributed by atoms with Crippen molar-refractivity contribution in [3.63, 3.8) is 0 Å². The van der Waals surface area contributed by atoms with E-state index in [9.17, 15) is 13.2 Å². The SMILES string of the molecule is CN(C)C(=NS(C)(=O)=O)c1ccc(NC(=O)C(N)c2ccccc2)cc1. The second-order valence-corrected chi connectivity index (χ2v) is 7.65. The molecule has 26 heavy (non-hydrogen) atoms. The van der Waals surface area contributed by atoms with Gasteiger partial charge in [0.2, 0.25) is 5.91 Å². The average molecular weight is 374 g/mol. The summed E-state index contributed by atoms with van der Waals surface area (Å²) in [6.07, 6.45) is 1.04. The predicted octanol–water partition coefficient (Wildman–Crippen LogP) is 1.59. The Kier molecular flexibility index (Phi) is 6.12. The van der Waals surface area contributed by atoms with Crippen LogP contribution in [0.1, 0.15) is 17.2 Å². The molecule has 0 fully saturated rings. The third-order valence-electron chi connectivity index (χ3n) is 3.53. The molecule has 2 aromatic carbocycles. The van der Waals surface area contributed by atoms with Gasteiger partial charge in [0.25, 0.3) is 10.0 Å². The van der Waals surface area contributed by atoms with Crippen LogP contribution in [-0.2, 0) is 14.8 Å². The highest BCUT2D eigenvalue weighted by molar-refractivity contribution is 7.89. The molecule has 0 aliphatic rings. The van der Waals surface area contributed by atoms with Crippen molar-refractivity contribution in [2.24, 2.45) is 10.1 Å². The van der Waals surface area contributed by atoms with Crippen molar-refractivity contribution in [2.75, 3.05) is 25.7 Å². The zero-order valence-electron chi connectivity index (χ0n) is 14.9. The van der Waals surface area contributed by atoms with Crippen molar-refractivity contribution >= 4 is 27.5 Å². The normalized spacial score (nSPS) is 13.2. The van der Waals surface area contributed by atoms with E-state index in [-0.39, 0.29) is 5.91 Å². The summed E-state index contributed by atoms with van der Waals surface area (Å²) in [6.45, 7) is 0. The summed E-state index contributed by atoms with van der Waals surface area (Å²) in [6, 6.07) is 15.0. The van der Waals surface area contributed by atoms with Gasteiger partial charge in [-0.2, -0.15) is 0 Å². The van der Waals surface area contributed by atoms with E-state index in [0.717, 1.165) is 11.8 Å². The van der Waals surface area contributed by atoms with E-state index >= 15 is 0 Å². The molecule has 0 aliphatic heterocycles. The first kappa shape index (κ1) is 19.6. The molecular weight excluding hydrogens is 352 g/mol. The quantitative estimate of drug-likeness (QED) is 0.611. The van der Waals surface area contributed by atoms with Gasteiger partial charge in [-0.1, -0.05) is 30.3 Å². The van der Waals surface area contributed by atoms with E-state index in [1.54, 1.807) is 55.4 Å². The predicted molar refractivity (Wildman–Crippen MR) is 104 cm³/mol. The van der Waals surface area contributed by atoms with Crippen LogP contribution in [0.4, 0.5) is 5.69 Å². The first-order valence-electron chi connectivity index (χ1n) is 7.86. The van der Waals surface area contributed by atoms with Crippen LogP contribution in [0.2, 0.25) is 0 Å². The lowest BCUT2D eigenvalue weighted by molar-refractivity contribution is -0.117. The number of nitrogens with zero attached hydrogens (tertiary/aromatic N) is 2. The van der Waals surface area contributed by atoms with Crippen LogP contribution in [0.3, 0.4) is 0 Å². The van der Waals surface area contributed by atoms with Crippen molar-refractivity contribution in [3.05, 3.63) is 65.7 Å². The number of sulfonamides is 1. The van der Waals surface area contributed by atoms with Gasteiger partial charge in [0.1, 0.15) is 11.9 Å². The average Bonchev–Trinajstić information content (AvgIpc) is 2.59. The van der Waals surface area contributed by atoms with Gasteiger partial charge >= 0.3 is 0 Å². The summed E-state index contributed by atoms with van der Waals surface area (Å²) in [5.74, 6) is -0.0204. The fourth-order valence-electron chi connectivity index (χ4n) is 2.28. The van der Waals surface area contributed by atoms with Crippen LogP contribution in [0.15, 0.2) is 59.0 Å². The number of nitrogens with one attached hydrogen (secondary N) is 1. The van der Waals surface area contributed by atoms with E-state index in [2.05, 4.69) is 9.71 Å². The number of anilines is 1. The van der Waals surface area contributed by atoms with Crippen LogP contribution in [0.25, 0.3) is 0 Å². The highest BCUT2D eigenvalue weighted by atomic mass is 32.2. The molecule has 0 aliphatic carbocycles. The van der Waals surface area contributed by atoms with Crippen molar-refractivity contribution < 1.29 is 13.2 Å². The first-order valence-corrected chi connectivity index (χ1v) is 9.71. The number of rotatable bonds is 5. The molecule has 0 radical (unpaired) electrons. The lowest BCUT2D eigenvalue weighted by Gasteiger charge is -2.16. The Labute approximate surface area is 153 Å². The van der Waals surface area contributed by atoms with Crippen molar-refractivity contribution in [2.45, 2.75) is 6.04 Å². The second kappa shape index (κ2) is 8.11. The first-order chi connectivity index (χ1) is 12.2. The van der Waals surface area contributed by atoms with Gasteiger partial charge in [0.15, 0.2) is 0 Å². The Bertz CT molecular complexity index is 892. The molecule has 7 nitrogen and oxygen atoms in total. The second-order valence-electron chi connectivity index (χ2n) is 6.00. The summed E-state index contributed by atoms with van der Waals surface area (Å²) in [5, 5.41) is 2.75. The standard InChI is InChI=1S/C18H22N4O3S/c1-22(2)17(21-26(3,24)25)14-9-11-15(12-10-14)20-18(23)16(19)13-7-5-4-6-8-13/h4-12,16H,19H2,1-3H3,(H,20,23). The van der Waals surface area contributed by atoms with E-state index in [0.29, 0.717) is 17.1 Å². The molecule has 0 heterocycles. The van der Waals surface area contributed by atoms with Crippen LogP contribution < -0.4 is 11.1 Å². The number of nitrogens with two attached hydrogens (primary N) is 1. The molecule has 1 unspecified atom stereocenters. The number of hydrogen-bond donors (Lipinski definition) is 2. The fraction of sp³-hybridized carbons (Fsp3) is 0.222. The summed E-state index contributed by atoms with van der Waals surface area (Å²) in [4.78, 5) is 13.9. The van der Waals surface area contributed by atoms with Gasteiger partial charge in [0, 0.05) is 25.3 Å². The molecule has 8 heteroatoms. The third-order valence-corrected chi connectivity index (χ3v) is 4.03. The molecule has 1 atom stereocenters. The van der Waals surface area contributed by atoms with Crippen LogP contribution in [-0.4, -0.2) is 45.4 Å². The highest BCUT2D eigenvalue weighted by Gasteiger charge is 2.16. The maximum atomic E-state index is 12.3. The van der Waals surface area contributed by atoms with Crippen LogP contribution in [0, 0.1) is 0 Å². The Morgan fingerprint density at radius 2 is 1.65 bits per heavy atom. The monoisotopic (exact) mass is 374 g/mol. The lowest BCUT2D eigenvalue weighted by Crippen LogP contribution is -2.27. The van der Waals surface area contributed by atoms with Crippen molar-refractivity contribution in [1.29, 1.82) is 0 Å². The Morgan fingerprint density at radius 1 is 1.08 bits per heavy atom. The van der Waals surface area contributed by atoms with Crippen molar-refractivity contribution in [3.8, 4) is 0 Å². The van der Waals surface area contributed by atoms with Crippen LogP contribution in [0.5, 0.6) is 0 Å². The Hall–Kier alpha value is -2.71. The minimum atomic E-state index is -3.53. The zero-order valence-corrected chi connectivity index (χ0v) is 15.7. The number of amides is 1. The van der Waals surface area contributed by atoms with Crippen molar-refractivity contribution in [1.82, 2.24) is 4.90 Å². The van der Waals surface area contributed by atoms with E-state index < -0.39 is 16.1 Å². The molecule has 2 rings (SSSR count). The van der Waals surface area contributed by atoms with E-state index in [1.807, 2.05) is 18.2 Å². The molecule has 0 saturated carbocycles. The number of benzene rings is 2. The summed E-state index contributed by atoms with van der Waals surface area (Å²) < 4.78 is 26.7. The smallest absolute Gasteiger partial charge is 0.252 e. The zero-order chi connectivity index (χ0) is 19.3. The topological polar surface area (TPSA) is 105 Å². The molecule has 2 aromatic rings. The summed E-state index contributed by atoms with van der Waals surface area (Å²) in [5.41, 5.74) is 7.86. The molecule has 3 N–H and O–H groups in total. The van der Waals surface area contributed by atoms with Gasteiger partial charge in [-0.05, 0) is 29.8 Å². The summed E-state index contributed by atoms with van der Waals surface area (Å²) >= 11 is 0. The molecule has 0 spiro atoms. The Morgan fingerprint density at radius 3 is 2.15 bits per heavy atom. The molecule has 0 bridgehead atoms. The minimum Gasteiger partial charge on any atom is -0.362 e. The minimum absolute atomic E-state index is 0.311. The largest absolute Gasteiger partial charge is 0.362 e. The van der Waals surface area contributed by atoms with Gasteiger partial charge < -0.3 is 16.0 Å². The fourth-order valence-corrected chi connectivity index (χ4v) is 2.87. The highest BCUT2D eigenvalue weighted by Crippen LogP contribution is 2.16. The number of carbonyl (C=O) groups is 1. The molecule has 0 saturated heterocycles. The van der Waals surface area contributed by atoms with Gasteiger partial charge in [-0.25, -0.2) is 8.42 Å². The molecule has 0 aromatic heterocycles. The van der Waals surface area contributed by atoms with Gasteiger partial charge in [-0.15, -0.1) is 4.40 Å². The third kappa shape index (κ3) is 5.40. The molecular formula is C18H22N4O3S. The molecule has 1 amide bonds. The van der Waals surface area contributed by atoms with E-state index in [1.165, 1.54) is 0 Å². The van der Waals surface area contributed by atoms with Gasteiger partial charge in [-0.3, -0.25) is 4.79 Å². The summed E-state index contributed by atoms with van der Waals surface area (Å²) in [7, 11) is -0.114. The Balaban J connectivity index is 2.16. The molecule has 138 valence electrons. The lowest BCUT2D eigenvalue weighted by atomic mass is 10.1.